The van der Waals surface area contributed by atoms with Gasteiger partial charge in [0.1, 0.15) is 0 Å². The normalized spacial score (nSPS) is 20.5. The van der Waals surface area contributed by atoms with E-state index in [1.54, 1.807) is 14.1 Å². The maximum Gasteiger partial charge on any atom is 0.281 e. The second-order valence-corrected chi connectivity index (χ2v) is 6.47. The summed E-state index contributed by atoms with van der Waals surface area (Å²) >= 11 is 5.53. The molecule has 0 aromatic rings. The van der Waals surface area contributed by atoms with Gasteiger partial charge in [0.2, 0.25) is 0 Å². The Morgan fingerprint density at radius 1 is 1.38 bits per heavy atom. The summed E-state index contributed by atoms with van der Waals surface area (Å²) in [5.74, 6) is 0.482. The summed E-state index contributed by atoms with van der Waals surface area (Å²) in [5.41, 5.74) is 0. The fourth-order valence-electron chi connectivity index (χ4n) is 1.67. The molecule has 1 fully saturated rings. The van der Waals surface area contributed by atoms with E-state index >= 15 is 0 Å². The monoisotopic (exact) mass is 270 g/mol. The molecule has 0 saturated carbocycles. The predicted molar refractivity (Wildman–Crippen MR) is 63.9 cm³/mol. The van der Waals surface area contributed by atoms with E-state index in [1.807, 2.05) is 0 Å². The van der Waals surface area contributed by atoms with Crippen LogP contribution >= 0.6 is 11.6 Å². The molecule has 0 unspecified atom stereocenters. The van der Waals surface area contributed by atoms with Crippen molar-refractivity contribution in [3.05, 3.63) is 0 Å². The summed E-state index contributed by atoms with van der Waals surface area (Å²) in [7, 11) is -0.165. The van der Waals surface area contributed by atoms with Crippen LogP contribution in [0.4, 0.5) is 0 Å². The predicted octanol–water partition coefficient (Wildman–Crippen LogP) is 0.513. The van der Waals surface area contributed by atoms with Crippen LogP contribution in [0.1, 0.15) is 12.8 Å². The SMILES string of the molecule is CN(C)S(=O)(=O)N1CCC(OCCCl)CC1. The smallest absolute Gasteiger partial charge is 0.281 e. The summed E-state index contributed by atoms with van der Waals surface area (Å²) < 4.78 is 31.8. The number of hydrogen-bond acceptors (Lipinski definition) is 3. The fraction of sp³-hybridized carbons (Fsp3) is 1.00. The zero-order valence-electron chi connectivity index (χ0n) is 9.73. The topological polar surface area (TPSA) is 49.9 Å². The minimum Gasteiger partial charge on any atom is -0.377 e. The molecule has 1 heterocycles. The first kappa shape index (κ1) is 14.2. The number of ether oxygens (including phenoxy) is 1. The van der Waals surface area contributed by atoms with Gasteiger partial charge in [-0.15, -0.1) is 11.6 Å². The third-order valence-electron chi connectivity index (χ3n) is 2.62. The average Bonchev–Trinajstić information content (AvgIpc) is 2.26. The number of rotatable bonds is 5. The molecule has 0 spiro atoms. The van der Waals surface area contributed by atoms with Crippen molar-refractivity contribution in [2.24, 2.45) is 0 Å². The molecule has 0 aromatic heterocycles. The fourth-order valence-corrected chi connectivity index (χ4v) is 2.89. The maximum atomic E-state index is 11.8. The van der Waals surface area contributed by atoms with Crippen molar-refractivity contribution in [2.75, 3.05) is 39.7 Å². The minimum atomic E-state index is -3.26. The van der Waals surface area contributed by atoms with E-state index in [0.717, 1.165) is 12.8 Å². The van der Waals surface area contributed by atoms with E-state index < -0.39 is 10.2 Å². The van der Waals surface area contributed by atoms with E-state index in [4.69, 9.17) is 16.3 Å². The van der Waals surface area contributed by atoms with Crippen LogP contribution in [-0.4, -0.2) is 62.8 Å². The number of hydrogen-bond donors (Lipinski definition) is 0. The highest BCUT2D eigenvalue weighted by molar-refractivity contribution is 7.86. The van der Waals surface area contributed by atoms with E-state index in [1.165, 1.54) is 8.61 Å². The Bertz CT molecular complexity index is 300. The molecule has 1 rings (SSSR count). The Kier molecular flexibility index (Phi) is 5.46. The highest BCUT2D eigenvalue weighted by atomic mass is 35.5. The highest BCUT2D eigenvalue weighted by Crippen LogP contribution is 2.17. The number of piperidine rings is 1. The molecule has 96 valence electrons. The Morgan fingerprint density at radius 3 is 2.38 bits per heavy atom. The zero-order chi connectivity index (χ0) is 12.2. The van der Waals surface area contributed by atoms with Crippen molar-refractivity contribution in [3.8, 4) is 0 Å². The molecule has 1 saturated heterocycles. The van der Waals surface area contributed by atoms with Gasteiger partial charge >= 0.3 is 0 Å². The first-order chi connectivity index (χ1) is 7.48. The molecule has 0 amide bonds. The molecule has 0 N–H and O–H groups in total. The van der Waals surface area contributed by atoms with Gasteiger partial charge in [-0.2, -0.15) is 17.0 Å². The zero-order valence-corrected chi connectivity index (χ0v) is 11.3. The largest absolute Gasteiger partial charge is 0.377 e. The van der Waals surface area contributed by atoms with Gasteiger partial charge in [-0.05, 0) is 12.8 Å². The van der Waals surface area contributed by atoms with Crippen molar-refractivity contribution in [1.29, 1.82) is 0 Å². The first-order valence-electron chi connectivity index (χ1n) is 5.33. The lowest BCUT2D eigenvalue weighted by Crippen LogP contribution is -2.45. The van der Waals surface area contributed by atoms with Crippen LogP contribution in [0.5, 0.6) is 0 Å². The van der Waals surface area contributed by atoms with Crippen molar-refractivity contribution < 1.29 is 13.2 Å². The van der Waals surface area contributed by atoms with Gasteiger partial charge in [0, 0.05) is 33.1 Å². The number of nitrogens with zero attached hydrogens (tertiary/aromatic N) is 2. The summed E-state index contributed by atoms with van der Waals surface area (Å²) in [5, 5.41) is 0. The third-order valence-corrected chi connectivity index (χ3v) is 4.71. The second-order valence-electron chi connectivity index (χ2n) is 3.95. The Morgan fingerprint density at radius 2 is 1.94 bits per heavy atom. The van der Waals surface area contributed by atoms with Crippen LogP contribution in [0.2, 0.25) is 0 Å². The van der Waals surface area contributed by atoms with Gasteiger partial charge in [0.15, 0.2) is 0 Å². The molecule has 0 atom stereocenters. The van der Waals surface area contributed by atoms with Crippen LogP contribution in [-0.2, 0) is 14.9 Å². The first-order valence-corrected chi connectivity index (χ1v) is 7.26. The van der Waals surface area contributed by atoms with Crippen molar-refractivity contribution in [2.45, 2.75) is 18.9 Å². The lowest BCUT2D eigenvalue weighted by Gasteiger charge is -2.32. The van der Waals surface area contributed by atoms with Gasteiger partial charge in [-0.3, -0.25) is 0 Å². The minimum absolute atomic E-state index is 0.146. The van der Waals surface area contributed by atoms with E-state index in [-0.39, 0.29) is 6.10 Å². The molecule has 0 radical (unpaired) electrons. The van der Waals surface area contributed by atoms with Crippen molar-refractivity contribution in [1.82, 2.24) is 8.61 Å². The van der Waals surface area contributed by atoms with Crippen molar-refractivity contribution in [3.63, 3.8) is 0 Å². The molecule has 16 heavy (non-hydrogen) atoms. The van der Waals surface area contributed by atoms with Gasteiger partial charge in [-0.25, -0.2) is 0 Å². The standard InChI is InChI=1S/C9H19ClN2O3S/c1-11(2)16(13,14)12-6-3-9(4-7-12)15-8-5-10/h9H,3-8H2,1-2H3. The average molecular weight is 271 g/mol. The van der Waals surface area contributed by atoms with E-state index in [9.17, 15) is 8.42 Å². The van der Waals surface area contributed by atoms with Gasteiger partial charge < -0.3 is 4.74 Å². The van der Waals surface area contributed by atoms with Gasteiger partial charge in [-0.1, -0.05) is 0 Å². The molecular formula is C9H19ClN2O3S. The van der Waals surface area contributed by atoms with Crippen molar-refractivity contribution >= 4 is 21.8 Å². The van der Waals surface area contributed by atoms with Crippen LogP contribution in [0.25, 0.3) is 0 Å². The quantitative estimate of drug-likeness (QED) is 0.684. The highest BCUT2D eigenvalue weighted by Gasteiger charge is 2.29. The summed E-state index contributed by atoms with van der Waals surface area (Å²) in [6.45, 7) is 1.58. The molecular weight excluding hydrogens is 252 g/mol. The van der Waals surface area contributed by atoms with Gasteiger partial charge in [0.25, 0.3) is 10.2 Å². The Hall–Kier alpha value is 0.120. The van der Waals surface area contributed by atoms with Crippen LogP contribution in [0.3, 0.4) is 0 Å². The van der Waals surface area contributed by atoms with Crippen LogP contribution in [0.15, 0.2) is 0 Å². The molecule has 1 aliphatic rings. The van der Waals surface area contributed by atoms with E-state index in [0.29, 0.717) is 25.6 Å². The molecule has 0 aromatic carbocycles. The maximum absolute atomic E-state index is 11.8. The number of halogens is 1. The lowest BCUT2D eigenvalue weighted by atomic mass is 10.1. The molecule has 0 bridgehead atoms. The second kappa shape index (κ2) is 6.16. The summed E-state index contributed by atoms with van der Waals surface area (Å²) in [6.07, 6.45) is 1.63. The van der Waals surface area contributed by atoms with Crippen LogP contribution in [0, 0.1) is 0 Å². The molecule has 0 aliphatic carbocycles. The number of alkyl halides is 1. The molecule has 5 nitrogen and oxygen atoms in total. The molecule has 7 heteroatoms. The lowest BCUT2D eigenvalue weighted by molar-refractivity contribution is 0.0294. The van der Waals surface area contributed by atoms with E-state index in [2.05, 4.69) is 0 Å². The summed E-state index contributed by atoms with van der Waals surface area (Å²) in [4.78, 5) is 0. The Balaban J connectivity index is 2.43. The Labute approximate surface area is 102 Å². The summed E-state index contributed by atoms with van der Waals surface area (Å²) in [6, 6.07) is 0. The third kappa shape index (κ3) is 3.56. The molecule has 1 aliphatic heterocycles. The van der Waals surface area contributed by atoms with Crippen LogP contribution < -0.4 is 0 Å². The van der Waals surface area contributed by atoms with Gasteiger partial charge in [0.05, 0.1) is 12.7 Å².